The highest BCUT2D eigenvalue weighted by Gasteiger charge is 2.09. The van der Waals surface area contributed by atoms with Crippen molar-refractivity contribution >= 4 is 0 Å². The van der Waals surface area contributed by atoms with E-state index in [1.54, 1.807) is 0 Å². The van der Waals surface area contributed by atoms with Crippen LogP contribution in [0.4, 0.5) is 0 Å². The van der Waals surface area contributed by atoms with E-state index in [0.29, 0.717) is 6.61 Å². The highest BCUT2D eigenvalue weighted by Crippen LogP contribution is 2.21. The average Bonchev–Trinajstić information content (AvgIpc) is 2.52. The number of benzene rings is 2. The largest absolute Gasteiger partial charge is 0.494 e. The van der Waals surface area contributed by atoms with Gasteiger partial charge in [0.05, 0.1) is 18.6 Å². The first-order valence-electron chi connectivity index (χ1n) is 7.35. The lowest BCUT2D eigenvalue weighted by molar-refractivity contribution is 0.304. The summed E-state index contributed by atoms with van der Waals surface area (Å²) in [6.45, 7) is 4.83. The van der Waals surface area contributed by atoms with Crippen LogP contribution in [0.15, 0.2) is 48.5 Å². The predicted octanol–water partition coefficient (Wildman–Crippen LogP) is 4.77. The van der Waals surface area contributed by atoms with Crippen LogP contribution in [0.25, 0.3) is 0 Å². The highest BCUT2D eigenvalue weighted by atomic mass is 16.5. The zero-order chi connectivity index (χ0) is 15.1. The molecular formula is C19H21NO. The maximum absolute atomic E-state index is 9.27. The molecule has 0 saturated heterocycles. The molecule has 2 heteroatoms. The van der Waals surface area contributed by atoms with Gasteiger partial charge in [-0.2, -0.15) is 5.26 Å². The minimum atomic E-state index is -0.0467. The highest BCUT2D eigenvalue weighted by molar-refractivity contribution is 5.33. The van der Waals surface area contributed by atoms with Crippen molar-refractivity contribution in [3.8, 4) is 11.8 Å². The second-order valence-electron chi connectivity index (χ2n) is 5.33. The summed E-state index contributed by atoms with van der Waals surface area (Å²) in [5.41, 5.74) is 3.61. The van der Waals surface area contributed by atoms with Crippen LogP contribution in [0.3, 0.4) is 0 Å². The Bertz CT molecular complexity index is 613. The van der Waals surface area contributed by atoms with E-state index in [2.05, 4.69) is 32.0 Å². The van der Waals surface area contributed by atoms with Crippen molar-refractivity contribution in [2.24, 2.45) is 0 Å². The lowest BCUT2D eigenvalue weighted by Crippen LogP contribution is -2.02. The number of hydrogen-bond acceptors (Lipinski definition) is 2. The third kappa shape index (κ3) is 4.36. The van der Waals surface area contributed by atoms with Gasteiger partial charge in [0.2, 0.25) is 0 Å². The van der Waals surface area contributed by atoms with Crippen LogP contribution < -0.4 is 4.74 Å². The number of nitrogens with zero attached hydrogens (tertiary/aromatic N) is 1. The molecule has 0 aliphatic rings. The number of rotatable bonds is 6. The SMILES string of the molecule is Cc1ccc(OCCCC(C#N)c2ccccc2)cc1C. The molecule has 0 amide bonds. The summed E-state index contributed by atoms with van der Waals surface area (Å²) in [4.78, 5) is 0. The van der Waals surface area contributed by atoms with Gasteiger partial charge in [-0.05, 0) is 55.5 Å². The summed E-state index contributed by atoms with van der Waals surface area (Å²) >= 11 is 0. The Labute approximate surface area is 127 Å². The molecule has 0 spiro atoms. The Morgan fingerprint density at radius 3 is 2.48 bits per heavy atom. The smallest absolute Gasteiger partial charge is 0.119 e. The van der Waals surface area contributed by atoms with Crippen LogP contribution in [0, 0.1) is 25.2 Å². The Balaban J connectivity index is 1.81. The fraction of sp³-hybridized carbons (Fsp3) is 0.316. The summed E-state index contributed by atoms with van der Waals surface area (Å²) in [7, 11) is 0. The lowest BCUT2D eigenvalue weighted by atomic mass is 9.96. The van der Waals surface area contributed by atoms with Gasteiger partial charge in [0.25, 0.3) is 0 Å². The molecule has 2 aromatic carbocycles. The van der Waals surface area contributed by atoms with Crippen LogP contribution in [0.5, 0.6) is 5.75 Å². The Kier molecular flexibility index (Phi) is 5.40. The number of ether oxygens (including phenoxy) is 1. The first-order valence-corrected chi connectivity index (χ1v) is 7.35. The first kappa shape index (κ1) is 15.1. The van der Waals surface area contributed by atoms with Crippen LogP contribution in [-0.4, -0.2) is 6.61 Å². The second-order valence-corrected chi connectivity index (χ2v) is 5.33. The third-order valence-electron chi connectivity index (χ3n) is 3.74. The van der Waals surface area contributed by atoms with Gasteiger partial charge in [0.1, 0.15) is 5.75 Å². The lowest BCUT2D eigenvalue weighted by Gasteiger charge is -2.11. The zero-order valence-corrected chi connectivity index (χ0v) is 12.7. The predicted molar refractivity (Wildman–Crippen MR) is 85.4 cm³/mol. The molecule has 0 aliphatic heterocycles. The van der Waals surface area contributed by atoms with Gasteiger partial charge < -0.3 is 4.74 Å². The van der Waals surface area contributed by atoms with Crippen molar-refractivity contribution in [3.05, 3.63) is 65.2 Å². The van der Waals surface area contributed by atoms with E-state index in [1.165, 1.54) is 11.1 Å². The molecule has 2 rings (SSSR count). The summed E-state index contributed by atoms with van der Waals surface area (Å²) in [6.07, 6.45) is 1.70. The molecule has 0 radical (unpaired) electrons. The molecule has 21 heavy (non-hydrogen) atoms. The molecule has 0 bridgehead atoms. The van der Waals surface area contributed by atoms with Crippen LogP contribution in [0.2, 0.25) is 0 Å². The van der Waals surface area contributed by atoms with Gasteiger partial charge in [-0.15, -0.1) is 0 Å². The maximum Gasteiger partial charge on any atom is 0.119 e. The van der Waals surface area contributed by atoms with Gasteiger partial charge in [-0.3, -0.25) is 0 Å². The fourth-order valence-electron chi connectivity index (χ4n) is 2.27. The van der Waals surface area contributed by atoms with Gasteiger partial charge >= 0.3 is 0 Å². The molecule has 0 aromatic heterocycles. The Morgan fingerprint density at radius 2 is 1.81 bits per heavy atom. The van der Waals surface area contributed by atoms with E-state index in [1.807, 2.05) is 36.4 Å². The van der Waals surface area contributed by atoms with Crippen molar-refractivity contribution in [1.29, 1.82) is 5.26 Å². The number of aryl methyl sites for hydroxylation is 2. The number of hydrogen-bond donors (Lipinski definition) is 0. The van der Waals surface area contributed by atoms with Gasteiger partial charge in [-0.1, -0.05) is 36.4 Å². The standard InChI is InChI=1S/C19H21NO/c1-15-10-11-19(13-16(15)2)21-12-6-9-18(14-20)17-7-4-3-5-8-17/h3-5,7-8,10-11,13,18H,6,9,12H2,1-2H3. The molecule has 2 aromatic rings. The van der Waals surface area contributed by atoms with Gasteiger partial charge in [0.15, 0.2) is 0 Å². The van der Waals surface area contributed by atoms with Gasteiger partial charge in [-0.25, -0.2) is 0 Å². The monoisotopic (exact) mass is 279 g/mol. The topological polar surface area (TPSA) is 33.0 Å². The maximum atomic E-state index is 9.27. The molecule has 0 aliphatic carbocycles. The fourth-order valence-corrected chi connectivity index (χ4v) is 2.27. The quantitative estimate of drug-likeness (QED) is 0.713. The third-order valence-corrected chi connectivity index (χ3v) is 3.74. The van der Waals surface area contributed by atoms with Crippen LogP contribution in [0.1, 0.15) is 35.4 Å². The summed E-state index contributed by atoms with van der Waals surface area (Å²) < 4.78 is 5.76. The van der Waals surface area contributed by atoms with E-state index in [9.17, 15) is 5.26 Å². The zero-order valence-electron chi connectivity index (χ0n) is 12.7. The molecule has 1 atom stereocenters. The summed E-state index contributed by atoms with van der Waals surface area (Å²) in [5.74, 6) is 0.862. The van der Waals surface area contributed by atoms with Crippen molar-refractivity contribution in [1.82, 2.24) is 0 Å². The van der Waals surface area contributed by atoms with E-state index in [4.69, 9.17) is 4.74 Å². The van der Waals surface area contributed by atoms with E-state index in [0.717, 1.165) is 24.2 Å². The minimum Gasteiger partial charge on any atom is -0.494 e. The molecule has 2 nitrogen and oxygen atoms in total. The Hall–Kier alpha value is -2.27. The summed E-state index contributed by atoms with van der Waals surface area (Å²) in [5, 5.41) is 9.27. The molecular weight excluding hydrogens is 258 g/mol. The minimum absolute atomic E-state index is 0.0467. The van der Waals surface area contributed by atoms with E-state index < -0.39 is 0 Å². The normalized spacial score (nSPS) is 11.7. The molecule has 0 fully saturated rings. The van der Waals surface area contributed by atoms with Crippen molar-refractivity contribution in [3.63, 3.8) is 0 Å². The van der Waals surface area contributed by atoms with Crippen molar-refractivity contribution in [2.45, 2.75) is 32.6 Å². The second kappa shape index (κ2) is 7.50. The van der Waals surface area contributed by atoms with E-state index >= 15 is 0 Å². The molecule has 0 N–H and O–H groups in total. The van der Waals surface area contributed by atoms with Crippen LogP contribution in [-0.2, 0) is 0 Å². The summed E-state index contributed by atoms with van der Waals surface area (Å²) in [6, 6.07) is 18.5. The molecule has 0 saturated carbocycles. The average molecular weight is 279 g/mol. The molecule has 0 heterocycles. The first-order chi connectivity index (χ1) is 10.2. The van der Waals surface area contributed by atoms with E-state index in [-0.39, 0.29) is 5.92 Å². The van der Waals surface area contributed by atoms with Gasteiger partial charge in [0, 0.05) is 0 Å². The molecule has 108 valence electrons. The van der Waals surface area contributed by atoms with Crippen LogP contribution >= 0.6 is 0 Å². The number of nitriles is 1. The van der Waals surface area contributed by atoms with Crippen molar-refractivity contribution < 1.29 is 4.74 Å². The molecule has 1 unspecified atom stereocenters. The Morgan fingerprint density at radius 1 is 1.05 bits per heavy atom. The van der Waals surface area contributed by atoms with Crippen molar-refractivity contribution in [2.75, 3.05) is 6.61 Å².